The van der Waals surface area contributed by atoms with Crippen LogP contribution in [0.25, 0.3) is 0 Å². The lowest BCUT2D eigenvalue weighted by atomic mass is 9.75. The monoisotopic (exact) mass is 256 g/mol. The van der Waals surface area contributed by atoms with Gasteiger partial charge in [-0.15, -0.1) is 0 Å². The van der Waals surface area contributed by atoms with E-state index in [0.29, 0.717) is 6.42 Å². The molecule has 0 unspecified atom stereocenters. The molecule has 3 N–H and O–H groups in total. The summed E-state index contributed by atoms with van der Waals surface area (Å²) in [5.41, 5.74) is -0.106. The zero-order valence-electron chi connectivity index (χ0n) is 11.5. The molecule has 0 aromatic carbocycles. The smallest absolute Gasteiger partial charge is 0.326 e. The first-order valence-corrected chi connectivity index (χ1v) is 6.70. The fourth-order valence-electron chi connectivity index (χ4n) is 2.30. The highest BCUT2D eigenvalue weighted by Gasteiger charge is 2.37. The molecular formula is C13H24N2O3. The maximum atomic E-state index is 11.8. The Balaban J connectivity index is 2.48. The van der Waals surface area contributed by atoms with Crippen molar-refractivity contribution in [1.29, 1.82) is 0 Å². The highest BCUT2D eigenvalue weighted by atomic mass is 16.4. The summed E-state index contributed by atoms with van der Waals surface area (Å²) in [6.45, 7) is 5.92. The third-order valence-corrected chi connectivity index (χ3v) is 3.68. The Labute approximate surface area is 108 Å². The van der Waals surface area contributed by atoms with E-state index in [9.17, 15) is 9.59 Å². The maximum absolute atomic E-state index is 11.8. The lowest BCUT2D eigenvalue weighted by Gasteiger charge is -2.42. The number of carboxylic acids is 1. The number of amides is 2. The molecule has 104 valence electrons. The van der Waals surface area contributed by atoms with Gasteiger partial charge in [-0.2, -0.15) is 0 Å². The van der Waals surface area contributed by atoms with Gasteiger partial charge in [-0.05, 0) is 38.0 Å². The molecule has 1 atom stereocenters. The number of aliphatic carboxylic acids is 1. The van der Waals surface area contributed by atoms with Gasteiger partial charge in [0.1, 0.15) is 6.04 Å². The highest BCUT2D eigenvalue weighted by molar-refractivity contribution is 5.82. The predicted molar refractivity (Wildman–Crippen MR) is 69.4 cm³/mol. The number of rotatable bonds is 6. The predicted octanol–water partition coefficient (Wildman–Crippen LogP) is 2.12. The van der Waals surface area contributed by atoms with Crippen LogP contribution in [0, 0.1) is 5.92 Å². The summed E-state index contributed by atoms with van der Waals surface area (Å²) in [6, 6.07) is -1.16. The van der Waals surface area contributed by atoms with Gasteiger partial charge in [0.05, 0.1) is 0 Å². The van der Waals surface area contributed by atoms with Crippen molar-refractivity contribution >= 4 is 12.0 Å². The summed E-state index contributed by atoms with van der Waals surface area (Å²) in [7, 11) is 0. The van der Waals surface area contributed by atoms with Crippen LogP contribution in [0.3, 0.4) is 0 Å². The van der Waals surface area contributed by atoms with Crippen molar-refractivity contribution in [2.24, 2.45) is 5.92 Å². The number of nitrogens with one attached hydrogen (secondary N) is 2. The quantitative estimate of drug-likeness (QED) is 0.681. The Bertz CT molecular complexity index is 306. The molecular weight excluding hydrogens is 232 g/mol. The minimum atomic E-state index is -0.974. The van der Waals surface area contributed by atoms with E-state index in [1.165, 1.54) is 0 Å². The van der Waals surface area contributed by atoms with Gasteiger partial charge in [-0.3, -0.25) is 0 Å². The van der Waals surface area contributed by atoms with Crippen LogP contribution in [0.2, 0.25) is 0 Å². The molecule has 1 fully saturated rings. The summed E-state index contributed by atoms with van der Waals surface area (Å²) in [4.78, 5) is 22.9. The Morgan fingerprint density at radius 3 is 2.28 bits per heavy atom. The van der Waals surface area contributed by atoms with Crippen LogP contribution in [-0.2, 0) is 4.79 Å². The van der Waals surface area contributed by atoms with Crippen molar-refractivity contribution in [2.75, 3.05) is 0 Å². The first kappa shape index (κ1) is 14.8. The SMILES string of the molecule is CCC1(NC(=O)N[C@H](CC(C)C)C(=O)O)CCC1. The molecule has 2 amide bonds. The van der Waals surface area contributed by atoms with Gasteiger partial charge in [-0.1, -0.05) is 20.8 Å². The number of urea groups is 1. The maximum Gasteiger partial charge on any atom is 0.326 e. The number of carbonyl (C=O) groups excluding carboxylic acids is 1. The average Bonchev–Trinajstić information content (AvgIpc) is 2.21. The molecule has 0 bridgehead atoms. The summed E-state index contributed by atoms with van der Waals surface area (Å²) in [5.74, 6) is -0.742. The number of hydrogen-bond donors (Lipinski definition) is 3. The molecule has 5 nitrogen and oxygen atoms in total. The first-order chi connectivity index (χ1) is 8.38. The van der Waals surface area contributed by atoms with E-state index in [0.717, 1.165) is 25.7 Å². The summed E-state index contributed by atoms with van der Waals surface area (Å²) < 4.78 is 0. The average molecular weight is 256 g/mol. The molecule has 0 aromatic rings. The van der Waals surface area contributed by atoms with Crippen molar-refractivity contribution in [3.63, 3.8) is 0 Å². The third-order valence-electron chi connectivity index (χ3n) is 3.68. The molecule has 1 aliphatic rings. The van der Waals surface area contributed by atoms with Gasteiger partial charge in [0.15, 0.2) is 0 Å². The molecule has 0 aliphatic heterocycles. The number of hydrogen-bond acceptors (Lipinski definition) is 2. The van der Waals surface area contributed by atoms with Crippen molar-refractivity contribution in [1.82, 2.24) is 10.6 Å². The van der Waals surface area contributed by atoms with Gasteiger partial charge < -0.3 is 15.7 Å². The second-order valence-electron chi connectivity index (χ2n) is 5.61. The van der Waals surface area contributed by atoms with Gasteiger partial charge in [0.25, 0.3) is 0 Å². The van der Waals surface area contributed by atoms with E-state index in [1.54, 1.807) is 0 Å². The fraction of sp³-hybridized carbons (Fsp3) is 0.846. The lowest BCUT2D eigenvalue weighted by Crippen LogP contribution is -2.58. The van der Waals surface area contributed by atoms with Crippen molar-refractivity contribution < 1.29 is 14.7 Å². The normalized spacial score (nSPS) is 18.9. The van der Waals surface area contributed by atoms with Crippen LogP contribution in [0.1, 0.15) is 52.9 Å². The topological polar surface area (TPSA) is 78.4 Å². The first-order valence-electron chi connectivity index (χ1n) is 6.70. The van der Waals surface area contributed by atoms with Gasteiger partial charge >= 0.3 is 12.0 Å². The van der Waals surface area contributed by atoms with Crippen molar-refractivity contribution in [3.8, 4) is 0 Å². The second-order valence-corrected chi connectivity index (χ2v) is 5.61. The number of carbonyl (C=O) groups is 2. The van der Waals surface area contributed by atoms with E-state index >= 15 is 0 Å². The molecule has 0 spiro atoms. The molecule has 5 heteroatoms. The fourth-order valence-corrected chi connectivity index (χ4v) is 2.30. The summed E-state index contributed by atoms with van der Waals surface area (Å²) in [5, 5.41) is 14.5. The van der Waals surface area contributed by atoms with E-state index in [2.05, 4.69) is 10.6 Å². The van der Waals surface area contributed by atoms with Crippen LogP contribution < -0.4 is 10.6 Å². The molecule has 1 saturated carbocycles. The standard InChI is InChI=1S/C13H24N2O3/c1-4-13(6-5-7-13)15-12(18)14-10(11(16)17)8-9(2)3/h9-10H,4-8H2,1-3H3,(H,16,17)(H2,14,15,18)/t10-/m1/s1. The van der Waals surface area contributed by atoms with Crippen molar-refractivity contribution in [2.45, 2.75) is 64.5 Å². The number of carboxylic acid groups (broad SMARTS) is 1. The highest BCUT2D eigenvalue weighted by Crippen LogP contribution is 2.34. The van der Waals surface area contributed by atoms with Crippen molar-refractivity contribution in [3.05, 3.63) is 0 Å². The Morgan fingerprint density at radius 1 is 1.33 bits per heavy atom. The van der Waals surface area contributed by atoms with Crippen LogP contribution in [0.5, 0.6) is 0 Å². The van der Waals surface area contributed by atoms with Gasteiger partial charge in [-0.25, -0.2) is 9.59 Å². The van der Waals surface area contributed by atoms with Crippen LogP contribution in [-0.4, -0.2) is 28.7 Å². The molecule has 0 radical (unpaired) electrons. The molecule has 18 heavy (non-hydrogen) atoms. The Hall–Kier alpha value is -1.26. The van der Waals surface area contributed by atoms with E-state index in [4.69, 9.17) is 5.11 Å². The largest absolute Gasteiger partial charge is 0.480 e. The van der Waals surface area contributed by atoms with E-state index in [-0.39, 0.29) is 17.5 Å². The lowest BCUT2D eigenvalue weighted by molar-refractivity contribution is -0.139. The van der Waals surface area contributed by atoms with E-state index < -0.39 is 12.0 Å². The van der Waals surface area contributed by atoms with Crippen LogP contribution in [0.4, 0.5) is 4.79 Å². The minimum Gasteiger partial charge on any atom is -0.480 e. The van der Waals surface area contributed by atoms with Crippen LogP contribution in [0.15, 0.2) is 0 Å². The summed E-state index contributed by atoms with van der Waals surface area (Å²) >= 11 is 0. The molecule has 0 saturated heterocycles. The second kappa shape index (κ2) is 6.07. The molecule has 0 heterocycles. The minimum absolute atomic E-state index is 0.106. The molecule has 1 aliphatic carbocycles. The zero-order chi connectivity index (χ0) is 13.8. The molecule has 0 aromatic heterocycles. The Kier molecular flexibility index (Phi) is 4.99. The Morgan fingerprint density at radius 2 is 1.94 bits per heavy atom. The molecule has 1 rings (SSSR count). The van der Waals surface area contributed by atoms with Gasteiger partial charge in [0, 0.05) is 5.54 Å². The van der Waals surface area contributed by atoms with Crippen LogP contribution >= 0.6 is 0 Å². The van der Waals surface area contributed by atoms with E-state index in [1.807, 2.05) is 20.8 Å². The van der Waals surface area contributed by atoms with Gasteiger partial charge in [0.2, 0.25) is 0 Å². The third kappa shape index (κ3) is 3.89. The zero-order valence-corrected chi connectivity index (χ0v) is 11.5. The summed E-state index contributed by atoms with van der Waals surface area (Å²) in [6.07, 6.45) is 4.43.